The second-order valence-corrected chi connectivity index (χ2v) is 6.27. The summed E-state index contributed by atoms with van der Waals surface area (Å²) >= 11 is 0. The largest absolute Gasteiger partial charge is 0.346 e. The second-order valence-electron chi connectivity index (χ2n) is 6.27. The molecule has 0 spiro atoms. The molecule has 10 nitrogen and oxygen atoms in total. The van der Waals surface area contributed by atoms with Crippen LogP contribution < -0.4 is 27.4 Å². The van der Waals surface area contributed by atoms with E-state index in [2.05, 4.69) is 5.32 Å². The zero-order valence-corrected chi connectivity index (χ0v) is 15.5. The van der Waals surface area contributed by atoms with Gasteiger partial charge in [-0.3, -0.25) is 39.2 Å². The minimum Gasteiger partial charge on any atom is -0.346 e. The molecule has 0 aliphatic heterocycles. The van der Waals surface area contributed by atoms with Crippen molar-refractivity contribution >= 4 is 17.7 Å². The molecule has 0 radical (unpaired) electrons. The first-order valence-corrected chi connectivity index (χ1v) is 8.52. The third-order valence-corrected chi connectivity index (χ3v) is 3.58. The van der Waals surface area contributed by atoms with Crippen LogP contribution in [-0.2, 0) is 27.5 Å². The molecule has 0 saturated heterocycles. The number of amides is 3. The fraction of sp³-hybridized carbons (Fsp3) is 0.278. The van der Waals surface area contributed by atoms with Crippen LogP contribution in [0.3, 0.4) is 0 Å². The summed E-state index contributed by atoms with van der Waals surface area (Å²) in [6.07, 6.45) is 1.35. The van der Waals surface area contributed by atoms with E-state index in [-0.39, 0.29) is 12.6 Å². The maximum Gasteiger partial charge on any atom is 0.331 e. The van der Waals surface area contributed by atoms with Crippen molar-refractivity contribution < 1.29 is 14.4 Å². The van der Waals surface area contributed by atoms with Gasteiger partial charge < -0.3 is 5.32 Å². The van der Waals surface area contributed by atoms with E-state index in [0.29, 0.717) is 0 Å². The van der Waals surface area contributed by atoms with Gasteiger partial charge in [0.2, 0.25) is 0 Å². The number of hydrogen-bond donors (Lipinski definition) is 3. The highest BCUT2D eigenvalue weighted by Gasteiger charge is 2.16. The Morgan fingerprint density at radius 1 is 0.964 bits per heavy atom. The lowest BCUT2D eigenvalue weighted by Gasteiger charge is -2.11. The van der Waals surface area contributed by atoms with Gasteiger partial charge >= 0.3 is 17.5 Å². The number of nitrogens with one attached hydrogen (secondary N) is 3. The number of benzene rings is 1. The summed E-state index contributed by atoms with van der Waals surface area (Å²) in [4.78, 5) is 59.5. The van der Waals surface area contributed by atoms with Crippen molar-refractivity contribution in [2.45, 2.75) is 33.0 Å². The van der Waals surface area contributed by atoms with Crippen molar-refractivity contribution in [1.29, 1.82) is 0 Å². The van der Waals surface area contributed by atoms with Crippen LogP contribution >= 0.6 is 0 Å². The van der Waals surface area contributed by atoms with Crippen LogP contribution in [0, 0.1) is 0 Å². The van der Waals surface area contributed by atoms with Gasteiger partial charge in [-0.25, -0.2) is 4.79 Å². The molecule has 10 heteroatoms. The van der Waals surface area contributed by atoms with E-state index in [1.54, 1.807) is 13.8 Å². The van der Waals surface area contributed by atoms with E-state index in [9.17, 15) is 24.0 Å². The maximum atomic E-state index is 12.5. The Bertz CT molecular complexity index is 978. The molecule has 3 amide bonds. The highest BCUT2D eigenvalue weighted by molar-refractivity contribution is 6.35. The molecule has 2 aromatic rings. The number of carbonyl (C=O) groups is 3. The highest BCUT2D eigenvalue weighted by Crippen LogP contribution is 1.99. The standard InChI is InChI=1S/C18H21N5O5/c1-12(2)19-16(26)17(27)21-20-14(24)11-23-15(25)8-9-22(18(23)28)10-13-6-4-3-5-7-13/h3-9,12H,10-11H2,1-2H3,(H,19,26)(H,20,24)(H,21,27). The van der Waals surface area contributed by atoms with Gasteiger partial charge in [0, 0.05) is 18.3 Å². The van der Waals surface area contributed by atoms with Crippen LogP contribution in [0.4, 0.5) is 0 Å². The van der Waals surface area contributed by atoms with Crippen molar-refractivity contribution in [2.24, 2.45) is 0 Å². The average molecular weight is 387 g/mol. The van der Waals surface area contributed by atoms with Crippen molar-refractivity contribution in [2.75, 3.05) is 0 Å². The third kappa shape index (κ3) is 5.66. The molecule has 1 aromatic carbocycles. The van der Waals surface area contributed by atoms with E-state index in [0.717, 1.165) is 10.1 Å². The van der Waals surface area contributed by atoms with Crippen molar-refractivity contribution in [3.63, 3.8) is 0 Å². The number of hydrazine groups is 1. The molecule has 0 aliphatic carbocycles. The predicted octanol–water partition coefficient (Wildman–Crippen LogP) is -1.27. The quantitative estimate of drug-likeness (QED) is 0.435. The van der Waals surface area contributed by atoms with Gasteiger partial charge in [0.1, 0.15) is 6.54 Å². The number of hydrogen-bond acceptors (Lipinski definition) is 5. The lowest BCUT2D eigenvalue weighted by atomic mass is 10.2. The number of carbonyl (C=O) groups excluding carboxylic acids is 3. The second kappa shape index (κ2) is 9.31. The van der Waals surface area contributed by atoms with Gasteiger partial charge in [0.15, 0.2) is 0 Å². The Kier molecular flexibility index (Phi) is 6.85. The lowest BCUT2D eigenvalue weighted by molar-refractivity contribution is -0.141. The first kappa shape index (κ1) is 20.6. The summed E-state index contributed by atoms with van der Waals surface area (Å²) in [5, 5.41) is 2.35. The zero-order valence-electron chi connectivity index (χ0n) is 15.5. The van der Waals surface area contributed by atoms with Crippen LogP contribution in [0.5, 0.6) is 0 Å². The first-order valence-electron chi connectivity index (χ1n) is 8.52. The molecule has 0 atom stereocenters. The van der Waals surface area contributed by atoms with Gasteiger partial charge in [-0.2, -0.15) is 0 Å². The fourth-order valence-corrected chi connectivity index (χ4v) is 2.30. The van der Waals surface area contributed by atoms with Crippen molar-refractivity contribution in [3.8, 4) is 0 Å². The first-order chi connectivity index (χ1) is 13.3. The Morgan fingerprint density at radius 2 is 1.64 bits per heavy atom. The van der Waals surface area contributed by atoms with Gasteiger partial charge in [0.05, 0.1) is 6.54 Å². The molecular weight excluding hydrogens is 366 g/mol. The SMILES string of the molecule is CC(C)NC(=O)C(=O)NNC(=O)Cn1c(=O)ccn(Cc2ccccc2)c1=O. The monoisotopic (exact) mass is 387 g/mol. The Hall–Kier alpha value is -3.69. The topological polar surface area (TPSA) is 131 Å². The highest BCUT2D eigenvalue weighted by atomic mass is 16.2. The van der Waals surface area contributed by atoms with Crippen LogP contribution in [0.1, 0.15) is 19.4 Å². The third-order valence-electron chi connectivity index (χ3n) is 3.58. The summed E-state index contributed by atoms with van der Waals surface area (Å²) < 4.78 is 2.03. The van der Waals surface area contributed by atoms with Crippen LogP contribution in [0.15, 0.2) is 52.2 Å². The van der Waals surface area contributed by atoms with E-state index in [1.807, 2.05) is 41.2 Å². The average Bonchev–Trinajstić information content (AvgIpc) is 2.65. The molecule has 0 saturated carbocycles. The minimum atomic E-state index is -1.07. The van der Waals surface area contributed by atoms with E-state index < -0.39 is 35.5 Å². The maximum absolute atomic E-state index is 12.5. The summed E-state index contributed by atoms with van der Waals surface area (Å²) in [6.45, 7) is 2.96. The molecule has 2 rings (SSSR count). The molecule has 0 fully saturated rings. The lowest BCUT2D eigenvalue weighted by Crippen LogP contribution is -2.51. The van der Waals surface area contributed by atoms with Gasteiger partial charge in [-0.1, -0.05) is 30.3 Å². The predicted molar refractivity (Wildman–Crippen MR) is 100 cm³/mol. The van der Waals surface area contributed by atoms with E-state index in [4.69, 9.17) is 0 Å². The molecule has 1 heterocycles. The Morgan fingerprint density at radius 3 is 2.29 bits per heavy atom. The van der Waals surface area contributed by atoms with Crippen LogP contribution in [0.2, 0.25) is 0 Å². The van der Waals surface area contributed by atoms with Gasteiger partial charge in [0.25, 0.3) is 11.5 Å². The summed E-state index contributed by atoms with van der Waals surface area (Å²) in [6, 6.07) is 10.1. The van der Waals surface area contributed by atoms with Crippen molar-refractivity contribution in [3.05, 3.63) is 69.0 Å². The molecule has 1 aromatic heterocycles. The summed E-state index contributed by atoms with van der Waals surface area (Å²) in [5.74, 6) is -2.82. The molecule has 0 bridgehead atoms. The smallest absolute Gasteiger partial charge is 0.331 e. The Balaban J connectivity index is 2.05. The number of aromatic nitrogens is 2. The van der Waals surface area contributed by atoms with Crippen LogP contribution in [-0.4, -0.2) is 32.9 Å². The molecular formula is C18H21N5O5. The fourth-order valence-electron chi connectivity index (χ4n) is 2.30. The van der Waals surface area contributed by atoms with Gasteiger partial charge in [-0.15, -0.1) is 0 Å². The molecule has 148 valence electrons. The zero-order chi connectivity index (χ0) is 20.7. The Labute approximate surface area is 160 Å². The molecule has 3 N–H and O–H groups in total. The molecule has 28 heavy (non-hydrogen) atoms. The van der Waals surface area contributed by atoms with Gasteiger partial charge in [-0.05, 0) is 19.4 Å². The normalized spacial score (nSPS) is 10.4. The molecule has 0 aliphatic rings. The number of rotatable bonds is 5. The minimum absolute atomic E-state index is 0.230. The summed E-state index contributed by atoms with van der Waals surface area (Å²) in [5.41, 5.74) is 3.45. The van der Waals surface area contributed by atoms with Crippen LogP contribution in [0.25, 0.3) is 0 Å². The number of nitrogens with zero attached hydrogens (tertiary/aromatic N) is 2. The van der Waals surface area contributed by atoms with E-state index in [1.165, 1.54) is 16.8 Å². The van der Waals surface area contributed by atoms with Crippen molar-refractivity contribution in [1.82, 2.24) is 25.3 Å². The summed E-state index contributed by atoms with van der Waals surface area (Å²) in [7, 11) is 0. The molecule has 0 unspecified atom stereocenters. The van der Waals surface area contributed by atoms with E-state index >= 15 is 0 Å².